The van der Waals surface area contributed by atoms with E-state index in [2.05, 4.69) is 12.2 Å². The van der Waals surface area contributed by atoms with E-state index in [4.69, 9.17) is 9.84 Å². The summed E-state index contributed by atoms with van der Waals surface area (Å²) >= 11 is 0. The van der Waals surface area contributed by atoms with Crippen LogP contribution in [0.2, 0.25) is 0 Å². The van der Waals surface area contributed by atoms with Crippen molar-refractivity contribution in [3.63, 3.8) is 0 Å². The van der Waals surface area contributed by atoms with Gasteiger partial charge in [0.2, 0.25) is 0 Å². The molecule has 17 heavy (non-hydrogen) atoms. The highest BCUT2D eigenvalue weighted by Gasteiger charge is 2.20. The zero-order chi connectivity index (χ0) is 12.7. The highest BCUT2D eigenvalue weighted by molar-refractivity contribution is 5.73. The van der Waals surface area contributed by atoms with E-state index < -0.39 is 12.0 Å². The summed E-state index contributed by atoms with van der Waals surface area (Å²) in [6.45, 7) is 5.42. The Labute approximate surface area is 104 Å². The fraction of sp³-hybridized carbons (Fsp3) is 0.923. The summed E-state index contributed by atoms with van der Waals surface area (Å²) in [7, 11) is 0. The molecule has 4 heteroatoms. The monoisotopic (exact) mass is 243 g/mol. The fourth-order valence-electron chi connectivity index (χ4n) is 2.31. The molecule has 0 heterocycles. The fourth-order valence-corrected chi connectivity index (χ4v) is 2.31. The Hall–Kier alpha value is -0.610. The van der Waals surface area contributed by atoms with Gasteiger partial charge in [-0.2, -0.15) is 0 Å². The quantitative estimate of drug-likeness (QED) is 0.718. The molecule has 0 radical (unpaired) electrons. The third kappa shape index (κ3) is 5.50. The Morgan fingerprint density at radius 3 is 2.59 bits per heavy atom. The lowest BCUT2D eigenvalue weighted by atomic mass is 9.89. The molecule has 2 N–H and O–H groups in total. The van der Waals surface area contributed by atoms with Crippen LogP contribution in [0.5, 0.6) is 0 Å². The molecular formula is C13H25NO3. The predicted molar refractivity (Wildman–Crippen MR) is 67.1 cm³/mol. The van der Waals surface area contributed by atoms with Gasteiger partial charge in [0.15, 0.2) is 0 Å². The Kier molecular flexibility index (Phi) is 6.52. The van der Waals surface area contributed by atoms with E-state index in [1.54, 1.807) is 0 Å². The van der Waals surface area contributed by atoms with Crippen molar-refractivity contribution in [2.75, 3.05) is 13.2 Å². The van der Waals surface area contributed by atoms with Crippen LogP contribution in [0.15, 0.2) is 0 Å². The molecular weight excluding hydrogens is 218 g/mol. The molecule has 1 atom stereocenters. The van der Waals surface area contributed by atoms with Crippen LogP contribution in [0.25, 0.3) is 0 Å². The average molecular weight is 243 g/mol. The summed E-state index contributed by atoms with van der Waals surface area (Å²) in [5.74, 6) is 0.0380. The summed E-state index contributed by atoms with van der Waals surface area (Å²) in [5, 5.41) is 11.9. The van der Waals surface area contributed by atoms with Gasteiger partial charge in [0.25, 0.3) is 0 Å². The molecule has 0 bridgehead atoms. The largest absolute Gasteiger partial charge is 0.480 e. The van der Waals surface area contributed by atoms with Crippen molar-refractivity contribution >= 4 is 5.97 Å². The molecule has 0 aliphatic heterocycles. The summed E-state index contributed by atoms with van der Waals surface area (Å²) in [5.41, 5.74) is 0. The predicted octanol–water partition coefficient (Wildman–Crippen LogP) is 2.03. The Morgan fingerprint density at radius 2 is 2.06 bits per heavy atom. The number of carboxylic acid groups (broad SMARTS) is 1. The molecule has 100 valence electrons. The van der Waals surface area contributed by atoms with Gasteiger partial charge in [-0.05, 0) is 44.6 Å². The second-order valence-electron chi connectivity index (χ2n) is 4.99. The first-order chi connectivity index (χ1) is 8.13. The lowest BCUT2D eigenvalue weighted by Crippen LogP contribution is -2.37. The van der Waals surface area contributed by atoms with Gasteiger partial charge in [-0.3, -0.25) is 4.79 Å². The van der Waals surface area contributed by atoms with Gasteiger partial charge in [-0.15, -0.1) is 0 Å². The number of rotatable bonds is 7. The maximum atomic E-state index is 10.9. The van der Waals surface area contributed by atoms with Crippen molar-refractivity contribution in [2.45, 2.75) is 58.1 Å². The van der Waals surface area contributed by atoms with Crippen LogP contribution < -0.4 is 5.32 Å². The van der Waals surface area contributed by atoms with Crippen molar-refractivity contribution < 1.29 is 14.6 Å². The number of carboxylic acids is 1. The summed E-state index contributed by atoms with van der Waals surface area (Å²) in [6.07, 6.45) is 5.62. The van der Waals surface area contributed by atoms with Gasteiger partial charge in [0.05, 0.1) is 6.10 Å². The molecule has 0 amide bonds. The van der Waals surface area contributed by atoms with Crippen LogP contribution in [-0.4, -0.2) is 36.4 Å². The number of hydrogen-bond acceptors (Lipinski definition) is 3. The van der Waals surface area contributed by atoms with E-state index in [-0.39, 0.29) is 0 Å². The van der Waals surface area contributed by atoms with Crippen LogP contribution in [0.4, 0.5) is 0 Å². The van der Waals surface area contributed by atoms with E-state index >= 15 is 0 Å². The smallest absolute Gasteiger partial charge is 0.320 e. The second-order valence-corrected chi connectivity index (χ2v) is 4.99. The molecule has 1 aliphatic rings. The van der Waals surface area contributed by atoms with E-state index in [0.29, 0.717) is 25.7 Å². The third-order valence-corrected chi connectivity index (χ3v) is 3.47. The summed E-state index contributed by atoms with van der Waals surface area (Å²) in [6, 6.07) is -0.470. The Morgan fingerprint density at radius 1 is 1.41 bits per heavy atom. The van der Waals surface area contributed by atoms with Crippen molar-refractivity contribution in [1.82, 2.24) is 5.32 Å². The highest BCUT2D eigenvalue weighted by Crippen LogP contribution is 2.25. The number of carbonyl (C=O) groups is 1. The first kappa shape index (κ1) is 14.5. The second kappa shape index (κ2) is 7.67. The summed E-state index contributed by atoms with van der Waals surface area (Å²) < 4.78 is 5.75. The first-order valence-electron chi connectivity index (χ1n) is 6.71. The standard InChI is InChI=1S/C13H25NO3/c1-3-14-12(13(15)16)8-9-17-11-6-4-10(2)5-7-11/h10-12,14H,3-9H2,1-2H3,(H,15,16). The van der Waals surface area contributed by atoms with Gasteiger partial charge < -0.3 is 15.2 Å². The molecule has 0 saturated heterocycles. The molecule has 4 nitrogen and oxygen atoms in total. The normalized spacial score (nSPS) is 26.7. The number of aliphatic carboxylic acids is 1. The van der Waals surface area contributed by atoms with Gasteiger partial charge in [-0.1, -0.05) is 13.8 Å². The molecule has 0 aromatic rings. The molecule has 0 spiro atoms. The zero-order valence-electron chi connectivity index (χ0n) is 10.9. The molecule has 1 aliphatic carbocycles. The molecule has 1 rings (SSSR count). The van der Waals surface area contributed by atoms with Gasteiger partial charge in [0, 0.05) is 6.61 Å². The zero-order valence-corrected chi connectivity index (χ0v) is 10.9. The number of ether oxygens (including phenoxy) is 1. The lowest BCUT2D eigenvalue weighted by Gasteiger charge is -2.26. The van der Waals surface area contributed by atoms with Crippen LogP contribution in [0.3, 0.4) is 0 Å². The topological polar surface area (TPSA) is 58.6 Å². The van der Waals surface area contributed by atoms with Gasteiger partial charge >= 0.3 is 5.97 Å². The minimum absolute atomic E-state index is 0.349. The average Bonchev–Trinajstić information content (AvgIpc) is 2.30. The highest BCUT2D eigenvalue weighted by atomic mass is 16.5. The van der Waals surface area contributed by atoms with Crippen molar-refractivity contribution in [1.29, 1.82) is 0 Å². The van der Waals surface area contributed by atoms with Crippen LogP contribution >= 0.6 is 0 Å². The van der Waals surface area contributed by atoms with E-state index in [1.807, 2.05) is 6.92 Å². The molecule has 1 saturated carbocycles. The van der Waals surface area contributed by atoms with E-state index in [1.165, 1.54) is 12.8 Å². The van der Waals surface area contributed by atoms with Crippen molar-refractivity contribution in [2.24, 2.45) is 5.92 Å². The van der Waals surface area contributed by atoms with E-state index in [9.17, 15) is 4.79 Å². The summed E-state index contributed by atoms with van der Waals surface area (Å²) in [4.78, 5) is 10.9. The minimum atomic E-state index is -0.785. The number of hydrogen-bond donors (Lipinski definition) is 2. The number of nitrogens with one attached hydrogen (secondary N) is 1. The minimum Gasteiger partial charge on any atom is -0.480 e. The third-order valence-electron chi connectivity index (χ3n) is 3.47. The van der Waals surface area contributed by atoms with Crippen molar-refractivity contribution in [3.05, 3.63) is 0 Å². The van der Waals surface area contributed by atoms with Crippen LogP contribution in [-0.2, 0) is 9.53 Å². The Bertz CT molecular complexity index is 225. The molecule has 0 aromatic carbocycles. The van der Waals surface area contributed by atoms with Gasteiger partial charge in [0.1, 0.15) is 6.04 Å². The van der Waals surface area contributed by atoms with E-state index in [0.717, 1.165) is 18.8 Å². The van der Waals surface area contributed by atoms with Crippen molar-refractivity contribution in [3.8, 4) is 0 Å². The molecule has 1 unspecified atom stereocenters. The maximum Gasteiger partial charge on any atom is 0.320 e. The maximum absolute atomic E-state index is 10.9. The first-order valence-corrected chi connectivity index (χ1v) is 6.71. The van der Waals surface area contributed by atoms with Crippen LogP contribution in [0, 0.1) is 5.92 Å². The molecule has 0 aromatic heterocycles. The SMILES string of the molecule is CCNC(CCOC1CCC(C)CC1)C(=O)O. The Balaban J connectivity index is 2.15. The van der Waals surface area contributed by atoms with Gasteiger partial charge in [-0.25, -0.2) is 0 Å². The lowest BCUT2D eigenvalue weighted by molar-refractivity contribution is -0.140. The molecule has 1 fully saturated rings. The number of likely N-dealkylation sites (N-methyl/N-ethyl adjacent to an activating group) is 1. The van der Waals surface area contributed by atoms with Crippen LogP contribution in [0.1, 0.15) is 46.0 Å².